The smallest absolute Gasteiger partial charge is 0.230 e. The summed E-state index contributed by atoms with van der Waals surface area (Å²) in [5, 5.41) is 5.81. The number of hydrogen-bond donors (Lipinski definition) is 1. The van der Waals surface area contributed by atoms with Crippen molar-refractivity contribution in [1.29, 1.82) is 0 Å². The van der Waals surface area contributed by atoms with Gasteiger partial charge in [-0.25, -0.2) is 9.97 Å². The van der Waals surface area contributed by atoms with E-state index in [1.807, 2.05) is 24.3 Å². The number of fused-ring (bicyclic) bond motifs is 1. The van der Waals surface area contributed by atoms with Crippen molar-refractivity contribution in [1.82, 2.24) is 9.97 Å². The highest BCUT2D eigenvalue weighted by atomic mass is 32.2. The summed E-state index contributed by atoms with van der Waals surface area (Å²) in [5.74, 6) is 2.13. The highest BCUT2D eigenvalue weighted by molar-refractivity contribution is 8.00. The number of oxazole rings is 1. The summed E-state index contributed by atoms with van der Waals surface area (Å²) in [4.78, 5) is 21.1. The first-order valence-corrected chi connectivity index (χ1v) is 11.5. The minimum absolute atomic E-state index is 0.0527. The third-order valence-electron chi connectivity index (χ3n) is 4.54. The van der Waals surface area contributed by atoms with Gasteiger partial charge in [0.05, 0.1) is 28.8 Å². The second-order valence-electron chi connectivity index (χ2n) is 8.05. The van der Waals surface area contributed by atoms with E-state index in [0.29, 0.717) is 23.2 Å². The van der Waals surface area contributed by atoms with Gasteiger partial charge >= 0.3 is 0 Å². The number of benzene rings is 2. The molecule has 0 unspecified atom stereocenters. The summed E-state index contributed by atoms with van der Waals surface area (Å²) in [7, 11) is 0. The van der Waals surface area contributed by atoms with E-state index in [-0.39, 0.29) is 11.3 Å². The number of nitrogens with one attached hydrogen (secondary N) is 1. The molecule has 0 saturated carbocycles. The second kappa shape index (κ2) is 8.62. The summed E-state index contributed by atoms with van der Waals surface area (Å²) in [5.41, 5.74) is 0.930. The summed E-state index contributed by atoms with van der Waals surface area (Å²) in [6.45, 7) is 6.29. The quantitative estimate of drug-likeness (QED) is 0.372. The van der Waals surface area contributed by atoms with E-state index in [2.05, 4.69) is 54.3 Å². The Morgan fingerprint density at radius 2 is 1.90 bits per heavy atom. The van der Waals surface area contributed by atoms with E-state index in [1.165, 1.54) is 16.7 Å². The van der Waals surface area contributed by atoms with Gasteiger partial charge in [0, 0.05) is 5.41 Å². The molecule has 0 aliphatic heterocycles. The van der Waals surface area contributed by atoms with Gasteiger partial charge in [0.1, 0.15) is 5.76 Å². The van der Waals surface area contributed by atoms with Gasteiger partial charge < -0.3 is 9.73 Å². The third kappa shape index (κ3) is 5.09. The van der Waals surface area contributed by atoms with Crippen LogP contribution in [0, 0.1) is 0 Å². The summed E-state index contributed by atoms with van der Waals surface area (Å²) in [6, 6.07) is 14.2. The molecule has 7 heteroatoms. The van der Waals surface area contributed by atoms with Crippen molar-refractivity contribution in [2.24, 2.45) is 0 Å². The van der Waals surface area contributed by atoms with Crippen molar-refractivity contribution in [3.63, 3.8) is 0 Å². The fraction of sp³-hybridized carbons (Fsp3) is 0.261. The molecule has 30 heavy (non-hydrogen) atoms. The van der Waals surface area contributed by atoms with Gasteiger partial charge in [0.2, 0.25) is 11.8 Å². The van der Waals surface area contributed by atoms with Gasteiger partial charge in [-0.15, -0.1) is 11.8 Å². The van der Waals surface area contributed by atoms with Gasteiger partial charge in [-0.1, -0.05) is 74.6 Å². The van der Waals surface area contributed by atoms with Gasteiger partial charge in [0.15, 0.2) is 5.13 Å². The molecule has 4 rings (SSSR count). The van der Waals surface area contributed by atoms with Crippen molar-refractivity contribution in [2.75, 3.05) is 5.32 Å². The maximum atomic E-state index is 12.4. The SMILES string of the molecule is CC(C)(C)c1cnc(CSc2cnc(NC(=O)Cc3ccc4ccccc4c3)s2)o1. The number of rotatable bonds is 6. The Hall–Kier alpha value is -2.64. The van der Waals surface area contributed by atoms with Crippen molar-refractivity contribution in [3.8, 4) is 0 Å². The molecule has 0 aliphatic rings. The number of thioether (sulfide) groups is 1. The van der Waals surface area contributed by atoms with Crippen LogP contribution in [0.2, 0.25) is 0 Å². The first-order valence-electron chi connectivity index (χ1n) is 9.68. The molecular weight excluding hydrogens is 414 g/mol. The van der Waals surface area contributed by atoms with Crippen LogP contribution in [0.25, 0.3) is 10.8 Å². The largest absolute Gasteiger partial charge is 0.444 e. The van der Waals surface area contributed by atoms with Crippen molar-refractivity contribution >= 4 is 44.9 Å². The predicted octanol–water partition coefficient (Wildman–Crippen LogP) is 6.06. The highest BCUT2D eigenvalue weighted by Crippen LogP contribution is 2.31. The van der Waals surface area contributed by atoms with E-state index >= 15 is 0 Å². The lowest BCUT2D eigenvalue weighted by molar-refractivity contribution is -0.115. The van der Waals surface area contributed by atoms with E-state index in [1.54, 1.807) is 24.2 Å². The summed E-state index contributed by atoms with van der Waals surface area (Å²) < 4.78 is 6.83. The molecule has 0 radical (unpaired) electrons. The van der Waals surface area contributed by atoms with Gasteiger partial charge in [-0.05, 0) is 16.3 Å². The van der Waals surface area contributed by atoms with Gasteiger partial charge in [-0.2, -0.15) is 0 Å². The topological polar surface area (TPSA) is 68.0 Å². The number of nitrogens with zero attached hydrogens (tertiary/aromatic N) is 2. The Balaban J connectivity index is 1.32. The zero-order chi connectivity index (χ0) is 21.1. The van der Waals surface area contributed by atoms with Crippen LogP contribution in [0.3, 0.4) is 0 Å². The van der Waals surface area contributed by atoms with Crippen LogP contribution in [-0.4, -0.2) is 15.9 Å². The Morgan fingerprint density at radius 3 is 2.67 bits per heavy atom. The van der Waals surface area contributed by atoms with Crippen molar-refractivity contribution < 1.29 is 9.21 Å². The van der Waals surface area contributed by atoms with Crippen molar-refractivity contribution in [3.05, 3.63) is 72.1 Å². The summed E-state index contributed by atoms with van der Waals surface area (Å²) >= 11 is 3.06. The van der Waals surface area contributed by atoms with Crippen LogP contribution in [0.1, 0.15) is 38.0 Å². The molecule has 4 aromatic rings. The fourth-order valence-corrected chi connectivity index (χ4v) is 4.68. The molecule has 0 bridgehead atoms. The van der Waals surface area contributed by atoms with E-state index in [0.717, 1.165) is 20.9 Å². The number of anilines is 1. The van der Waals surface area contributed by atoms with Crippen molar-refractivity contribution in [2.45, 2.75) is 42.6 Å². The highest BCUT2D eigenvalue weighted by Gasteiger charge is 2.19. The number of amides is 1. The van der Waals surface area contributed by atoms with Gasteiger partial charge in [0.25, 0.3) is 0 Å². The average Bonchev–Trinajstić information content (AvgIpc) is 3.35. The lowest BCUT2D eigenvalue weighted by Crippen LogP contribution is -2.14. The van der Waals surface area contributed by atoms with Crippen LogP contribution in [0.5, 0.6) is 0 Å². The monoisotopic (exact) mass is 437 g/mol. The lowest BCUT2D eigenvalue weighted by Gasteiger charge is -2.12. The summed E-state index contributed by atoms with van der Waals surface area (Å²) in [6.07, 6.45) is 3.88. The second-order valence-corrected chi connectivity index (χ2v) is 10.4. The normalized spacial score (nSPS) is 11.7. The van der Waals surface area contributed by atoms with E-state index < -0.39 is 0 Å². The number of carbonyl (C=O) groups excluding carboxylic acids is 1. The zero-order valence-corrected chi connectivity index (χ0v) is 18.8. The maximum absolute atomic E-state index is 12.4. The third-order valence-corrected chi connectivity index (χ3v) is 6.63. The molecule has 0 saturated heterocycles. The molecular formula is C23H23N3O2S2. The van der Waals surface area contributed by atoms with Crippen LogP contribution in [0.15, 0.2) is 63.5 Å². The van der Waals surface area contributed by atoms with Gasteiger partial charge in [-0.3, -0.25) is 4.79 Å². The molecule has 1 N–H and O–H groups in total. The Kier molecular flexibility index (Phi) is 5.92. The molecule has 2 aromatic carbocycles. The Bertz CT molecular complexity index is 1170. The molecule has 154 valence electrons. The zero-order valence-electron chi connectivity index (χ0n) is 17.1. The molecule has 5 nitrogen and oxygen atoms in total. The van der Waals surface area contributed by atoms with E-state index in [9.17, 15) is 4.79 Å². The Labute approximate surface area is 183 Å². The van der Waals surface area contributed by atoms with Crippen LogP contribution in [0.4, 0.5) is 5.13 Å². The number of thiazole rings is 1. The first-order chi connectivity index (χ1) is 14.4. The Morgan fingerprint density at radius 1 is 1.10 bits per heavy atom. The molecule has 1 amide bonds. The fourth-order valence-electron chi connectivity index (χ4n) is 2.94. The predicted molar refractivity (Wildman–Crippen MR) is 123 cm³/mol. The molecule has 0 aliphatic carbocycles. The van der Waals surface area contributed by atoms with Crippen LogP contribution >= 0.6 is 23.1 Å². The minimum atomic E-state index is -0.0706. The van der Waals surface area contributed by atoms with E-state index in [4.69, 9.17) is 4.42 Å². The maximum Gasteiger partial charge on any atom is 0.230 e. The molecule has 0 atom stereocenters. The molecule has 0 fully saturated rings. The lowest BCUT2D eigenvalue weighted by atomic mass is 9.94. The van der Waals surface area contributed by atoms with Crippen LogP contribution < -0.4 is 5.32 Å². The standard InChI is InChI=1S/C23H23N3O2S2/c1-23(2,3)18-12-24-20(28-18)14-29-21-13-25-22(30-21)26-19(27)11-15-8-9-16-6-4-5-7-17(16)10-15/h4-10,12-13H,11,14H2,1-3H3,(H,25,26,27). The first kappa shape index (κ1) is 20.6. The number of carbonyl (C=O) groups is 1. The van der Waals surface area contributed by atoms with Crippen LogP contribution in [-0.2, 0) is 22.4 Å². The molecule has 2 aromatic heterocycles. The molecule has 0 spiro atoms. The molecule has 2 heterocycles. The number of aromatic nitrogens is 2. The number of hydrogen-bond acceptors (Lipinski definition) is 6. The minimum Gasteiger partial charge on any atom is -0.444 e. The average molecular weight is 438 g/mol.